The first-order valence-electron chi connectivity index (χ1n) is 7.15. The van der Waals surface area contributed by atoms with Crippen LogP contribution in [0.15, 0.2) is 45.8 Å². The Morgan fingerprint density at radius 3 is 2.64 bits per heavy atom. The summed E-state index contributed by atoms with van der Waals surface area (Å²) in [7, 11) is -2.35. The number of methoxy groups -OCH3 is 1. The van der Waals surface area contributed by atoms with Crippen LogP contribution in [0.4, 0.5) is 0 Å². The molecular formula is C16H16BrClN2O4S. The summed E-state index contributed by atoms with van der Waals surface area (Å²) in [4.78, 5) is 12.3. The van der Waals surface area contributed by atoms with Crippen LogP contribution in [0.2, 0.25) is 5.02 Å². The Balaban J connectivity index is 2.06. The number of amides is 1. The second-order valence-corrected chi connectivity index (χ2v) is 7.98. The molecule has 6 nitrogen and oxygen atoms in total. The van der Waals surface area contributed by atoms with E-state index in [1.165, 1.54) is 19.2 Å². The molecule has 0 bridgehead atoms. The number of rotatable bonds is 6. The second kappa shape index (κ2) is 8.18. The van der Waals surface area contributed by atoms with E-state index in [2.05, 4.69) is 21.2 Å². The van der Waals surface area contributed by atoms with Crippen LogP contribution in [0, 0.1) is 0 Å². The second-order valence-electron chi connectivity index (χ2n) is 5.16. The molecule has 0 aliphatic carbocycles. The molecule has 9 heteroatoms. The Kier molecular flexibility index (Phi) is 6.45. The van der Waals surface area contributed by atoms with E-state index in [0.717, 1.165) is 5.56 Å². The molecule has 0 aromatic heterocycles. The molecule has 0 unspecified atom stereocenters. The molecule has 3 N–H and O–H groups in total. The van der Waals surface area contributed by atoms with Crippen molar-refractivity contribution >= 4 is 43.5 Å². The SMILES string of the molecule is COc1ccc(Cl)cc1C(=O)NCCc1ccc(Br)c(S(N)(=O)=O)c1. The molecule has 2 rings (SSSR count). The number of nitrogens with one attached hydrogen (secondary N) is 1. The highest BCUT2D eigenvalue weighted by molar-refractivity contribution is 9.10. The molecule has 0 saturated carbocycles. The average Bonchev–Trinajstić information content (AvgIpc) is 2.55. The van der Waals surface area contributed by atoms with E-state index in [9.17, 15) is 13.2 Å². The first-order valence-corrected chi connectivity index (χ1v) is 9.87. The van der Waals surface area contributed by atoms with Gasteiger partial charge in [-0.25, -0.2) is 13.6 Å². The fraction of sp³-hybridized carbons (Fsp3) is 0.188. The van der Waals surface area contributed by atoms with Crippen LogP contribution in [-0.4, -0.2) is 28.0 Å². The summed E-state index contributed by atoms with van der Waals surface area (Å²) in [6.07, 6.45) is 0.435. The Morgan fingerprint density at radius 2 is 2.00 bits per heavy atom. The molecule has 0 radical (unpaired) electrons. The molecule has 0 spiro atoms. The standard InChI is InChI=1S/C16H16BrClN2O4S/c1-24-14-5-3-11(18)9-12(14)16(21)20-7-6-10-2-4-13(17)15(8-10)25(19,22)23/h2-5,8-9H,6-7H2,1H3,(H,20,21)(H2,19,22,23). The Bertz CT molecular complexity index is 903. The molecule has 25 heavy (non-hydrogen) atoms. The van der Waals surface area contributed by atoms with Crippen LogP contribution in [0.5, 0.6) is 5.75 Å². The lowest BCUT2D eigenvalue weighted by Crippen LogP contribution is -2.26. The van der Waals surface area contributed by atoms with Crippen LogP contribution in [0.3, 0.4) is 0 Å². The summed E-state index contributed by atoms with van der Waals surface area (Å²) in [5, 5.41) is 8.35. The number of nitrogens with two attached hydrogens (primary N) is 1. The van der Waals surface area contributed by atoms with Crippen molar-refractivity contribution in [2.75, 3.05) is 13.7 Å². The van der Waals surface area contributed by atoms with Crippen molar-refractivity contribution < 1.29 is 17.9 Å². The fourth-order valence-electron chi connectivity index (χ4n) is 2.19. The Hall–Kier alpha value is -1.61. The highest BCUT2D eigenvalue weighted by atomic mass is 79.9. The van der Waals surface area contributed by atoms with Gasteiger partial charge < -0.3 is 10.1 Å². The van der Waals surface area contributed by atoms with Crippen LogP contribution in [0.25, 0.3) is 0 Å². The van der Waals surface area contributed by atoms with Crippen molar-refractivity contribution in [2.24, 2.45) is 5.14 Å². The van der Waals surface area contributed by atoms with Crippen molar-refractivity contribution in [1.29, 1.82) is 0 Å². The van der Waals surface area contributed by atoms with Gasteiger partial charge in [0.15, 0.2) is 0 Å². The lowest BCUT2D eigenvalue weighted by Gasteiger charge is -2.10. The van der Waals surface area contributed by atoms with Crippen LogP contribution < -0.4 is 15.2 Å². The zero-order valence-electron chi connectivity index (χ0n) is 13.3. The summed E-state index contributed by atoms with van der Waals surface area (Å²) in [6, 6.07) is 9.61. The van der Waals surface area contributed by atoms with Crippen LogP contribution in [-0.2, 0) is 16.4 Å². The summed E-state index contributed by atoms with van der Waals surface area (Å²) in [6.45, 7) is 0.306. The minimum absolute atomic E-state index is 0.00726. The minimum Gasteiger partial charge on any atom is -0.496 e. The van der Waals surface area contributed by atoms with Gasteiger partial charge in [-0.15, -0.1) is 0 Å². The van der Waals surface area contributed by atoms with Gasteiger partial charge in [-0.05, 0) is 58.2 Å². The maximum atomic E-state index is 12.3. The van der Waals surface area contributed by atoms with E-state index in [1.54, 1.807) is 24.3 Å². The van der Waals surface area contributed by atoms with Gasteiger partial charge in [0, 0.05) is 16.0 Å². The number of halogens is 2. The van der Waals surface area contributed by atoms with Crippen molar-refractivity contribution in [1.82, 2.24) is 5.32 Å². The number of carbonyl (C=O) groups excluding carboxylic acids is 1. The lowest BCUT2D eigenvalue weighted by atomic mass is 10.1. The molecule has 2 aromatic carbocycles. The van der Waals surface area contributed by atoms with Crippen LogP contribution in [0.1, 0.15) is 15.9 Å². The van der Waals surface area contributed by atoms with Gasteiger partial charge in [-0.1, -0.05) is 17.7 Å². The molecule has 0 heterocycles. The third kappa shape index (κ3) is 5.18. The van der Waals surface area contributed by atoms with E-state index in [0.29, 0.717) is 33.8 Å². The molecule has 0 saturated heterocycles. The summed E-state index contributed by atoms with van der Waals surface area (Å²) >= 11 is 9.07. The average molecular weight is 448 g/mol. The smallest absolute Gasteiger partial charge is 0.255 e. The normalized spacial score (nSPS) is 11.2. The van der Waals surface area contributed by atoms with Gasteiger partial charge in [-0.2, -0.15) is 0 Å². The lowest BCUT2D eigenvalue weighted by molar-refractivity contribution is 0.0951. The molecule has 1 amide bonds. The maximum absolute atomic E-state index is 12.3. The molecule has 0 atom stereocenters. The summed E-state index contributed by atoms with van der Waals surface area (Å²) in [5.41, 5.74) is 1.06. The molecule has 0 fully saturated rings. The maximum Gasteiger partial charge on any atom is 0.255 e. The summed E-state index contributed by atoms with van der Waals surface area (Å²) < 4.78 is 28.6. The number of sulfonamides is 1. The van der Waals surface area contributed by atoms with E-state index in [1.807, 2.05) is 0 Å². The van der Waals surface area contributed by atoms with Gasteiger partial charge in [0.05, 0.1) is 17.6 Å². The molecule has 0 aliphatic heterocycles. The zero-order valence-corrected chi connectivity index (χ0v) is 16.4. The highest BCUT2D eigenvalue weighted by Crippen LogP contribution is 2.23. The van der Waals surface area contributed by atoms with Gasteiger partial charge in [0.2, 0.25) is 10.0 Å². The van der Waals surface area contributed by atoms with E-state index in [4.69, 9.17) is 21.5 Å². The van der Waals surface area contributed by atoms with E-state index in [-0.39, 0.29) is 10.8 Å². The topological polar surface area (TPSA) is 98.5 Å². The Morgan fingerprint density at radius 1 is 1.28 bits per heavy atom. The monoisotopic (exact) mass is 446 g/mol. The molecule has 134 valence electrons. The number of primary sulfonamides is 1. The van der Waals surface area contributed by atoms with Crippen LogP contribution >= 0.6 is 27.5 Å². The largest absolute Gasteiger partial charge is 0.496 e. The third-order valence-corrected chi connectivity index (χ3v) is 5.55. The molecule has 0 aliphatic rings. The third-order valence-electron chi connectivity index (χ3n) is 3.41. The zero-order chi connectivity index (χ0) is 18.6. The number of hydrogen-bond donors (Lipinski definition) is 2. The van der Waals surface area contributed by atoms with Gasteiger partial charge >= 0.3 is 0 Å². The predicted octanol–water partition coefficient (Wildman–Crippen LogP) is 2.73. The molecule has 2 aromatic rings. The van der Waals surface area contributed by atoms with E-state index < -0.39 is 10.0 Å². The van der Waals surface area contributed by atoms with Crippen molar-refractivity contribution in [3.63, 3.8) is 0 Å². The number of benzene rings is 2. The number of carbonyl (C=O) groups is 1. The minimum atomic E-state index is -3.82. The van der Waals surface area contributed by atoms with Crippen molar-refractivity contribution in [3.8, 4) is 5.75 Å². The number of hydrogen-bond acceptors (Lipinski definition) is 4. The number of ether oxygens (including phenoxy) is 1. The van der Waals surface area contributed by atoms with Gasteiger partial charge in [0.25, 0.3) is 5.91 Å². The van der Waals surface area contributed by atoms with Crippen molar-refractivity contribution in [3.05, 3.63) is 57.0 Å². The highest BCUT2D eigenvalue weighted by Gasteiger charge is 2.14. The van der Waals surface area contributed by atoms with E-state index >= 15 is 0 Å². The van der Waals surface area contributed by atoms with Gasteiger partial charge in [0.1, 0.15) is 5.75 Å². The Labute approximate surface area is 159 Å². The fourth-order valence-corrected chi connectivity index (χ4v) is 3.95. The quantitative estimate of drug-likeness (QED) is 0.711. The first kappa shape index (κ1) is 19.7. The van der Waals surface area contributed by atoms with Crippen molar-refractivity contribution in [2.45, 2.75) is 11.3 Å². The summed E-state index contributed by atoms with van der Waals surface area (Å²) in [5.74, 6) is 0.0881. The molecular weight excluding hydrogens is 432 g/mol. The predicted molar refractivity (Wildman–Crippen MR) is 99.6 cm³/mol. The first-order chi connectivity index (χ1) is 11.7. The van der Waals surface area contributed by atoms with Gasteiger partial charge in [-0.3, -0.25) is 4.79 Å².